The van der Waals surface area contributed by atoms with Gasteiger partial charge in [0.15, 0.2) is 0 Å². The molecule has 0 unspecified atom stereocenters. The zero-order chi connectivity index (χ0) is 12.3. The lowest BCUT2D eigenvalue weighted by atomic mass is 10.2. The van der Waals surface area contributed by atoms with Crippen LogP contribution in [0.3, 0.4) is 0 Å². The minimum Gasteiger partial charge on any atom is -0.268 e. The van der Waals surface area contributed by atoms with E-state index in [1.165, 1.54) is 0 Å². The Kier molecular flexibility index (Phi) is 4.38. The molecule has 92 valence electrons. The summed E-state index contributed by atoms with van der Waals surface area (Å²) in [5.74, 6) is 0. The first-order valence-electron chi connectivity index (χ1n) is 5.48. The molecule has 4 nitrogen and oxygen atoms in total. The fraction of sp³-hybridized carbons (Fsp3) is 0.700. The lowest BCUT2D eigenvalue weighted by Gasteiger charge is -2.04. The third-order valence-corrected chi connectivity index (χ3v) is 3.85. The molecule has 1 aromatic rings. The molecule has 0 saturated heterocycles. The summed E-state index contributed by atoms with van der Waals surface area (Å²) in [4.78, 5) is 0.215. The maximum Gasteiger partial charge on any atom is 0.264 e. The second-order valence-electron chi connectivity index (χ2n) is 3.59. The molecule has 0 aliphatic rings. The van der Waals surface area contributed by atoms with E-state index in [1.807, 2.05) is 20.8 Å². The maximum absolute atomic E-state index is 11.5. The smallest absolute Gasteiger partial charge is 0.264 e. The summed E-state index contributed by atoms with van der Waals surface area (Å²) in [7, 11) is 1.76. The highest BCUT2D eigenvalue weighted by atomic mass is 35.7. The van der Waals surface area contributed by atoms with E-state index in [4.69, 9.17) is 10.7 Å². The molecule has 0 fully saturated rings. The third-order valence-electron chi connectivity index (χ3n) is 2.43. The Morgan fingerprint density at radius 1 is 1.25 bits per heavy atom. The van der Waals surface area contributed by atoms with Gasteiger partial charge in [-0.05, 0) is 19.3 Å². The van der Waals surface area contributed by atoms with E-state index in [0.29, 0.717) is 24.2 Å². The van der Waals surface area contributed by atoms with Crippen LogP contribution in [0.5, 0.6) is 0 Å². The lowest BCUT2D eigenvalue weighted by Crippen LogP contribution is -2.05. The molecular formula is C10H17ClN2O2S. The first-order valence-corrected chi connectivity index (χ1v) is 7.79. The molecule has 1 rings (SSSR count). The summed E-state index contributed by atoms with van der Waals surface area (Å²) in [6.07, 6.45) is 2.11. The van der Waals surface area contributed by atoms with Crippen molar-refractivity contribution in [3.8, 4) is 0 Å². The van der Waals surface area contributed by atoms with E-state index in [2.05, 4.69) is 5.10 Å². The molecule has 0 atom stereocenters. The number of hydrogen-bond acceptors (Lipinski definition) is 3. The van der Waals surface area contributed by atoms with Gasteiger partial charge in [-0.25, -0.2) is 8.42 Å². The van der Waals surface area contributed by atoms with Gasteiger partial charge in [0.25, 0.3) is 9.05 Å². The number of rotatable bonds is 5. The molecule has 0 aromatic carbocycles. The molecule has 16 heavy (non-hydrogen) atoms. The number of aromatic nitrogens is 2. The monoisotopic (exact) mass is 264 g/mol. The van der Waals surface area contributed by atoms with Crippen LogP contribution in [0.1, 0.15) is 38.6 Å². The molecule has 6 heteroatoms. The van der Waals surface area contributed by atoms with E-state index in [-0.39, 0.29) is 4.90 Å². The van der Waals surface area contributed by atoms with Crippen LogP contribution in [0, 0.1) is 0 Å². The average Bonchev–Trinajstić information content (AvgIpc) is 2.55. The third kappa shape index (κ3) is 2.58. The minimum atomic E-state index is -3.70. The van der Waals surface area contributed by atoms with Crippen molar-refractivity contribution in [1.29, 1.82) is 0 Å². The van der Waals surface area contributed by atoms with Gasteiger partial charge in [0.1, 0.15) is 4.90 Å². The number of halogens is 1. The highest BCUT2D eigenvalue weighted by Crippen LogP contribution is 2.25. The maximum atomic E-state index is 11.5. The highest BCUT2D eigenvalue weighted by molar-refractivity contribution is 8.13. The van der Waals surface area contributed by atoms with Crippen molar-refractivity contribution >= 4 is 19.7 Å². The molecule has 0 spiro atoms. The second-order valence-corrected chi connectivity index (χ2v) is 6.09. The van der Waals surface area contributed by atoms with Crippen molar-refractivity contribution in [2.75, 3.05) is 0 Å². The van der Waals surface area contributed by atoms with Crippen molar-refractivity contribution in [2.45, 2.75) is 51.5 Å². The van der Waals surface area contributed by atoms with Gasteiger partial charge in [0.2, 0.25) is 0 Å². The highest BCUT2D eigenvalue weighted by Gasteiger charge is 2.24. The van der Waals surface area contributed by atoms with E-state index < -0.39 is 9.05 Å². The van der Waals surface area contributed by atoms with Gasteiger partial charge in [0.05, 0.1) is 11.4 Å². The summed E-state index contributed by atoms with van der Waals surface area (Å²) in [6, 6.07) is 0. The van der Waals surface area contributed by atoms with Crippen molar-refractivity contribution in [1.82, 2.24) is 9.78 Å². The second kappa shape index (κ2) is 5.19. The predicted octanol–water partition coefficient (Wildman–Crippen LogP) is 2.35. The fourth-order valence-corrected chi connectivity index (χ4v) is 3.32. The molecule has 0 aliphatic heterocycles. The number of aryl methyl sites for hydroxylation is 2. The van der Waals surface area contributed by atoms with Crippen molar-refractivity contribution < 1.29 is 8.42 Å². The Morgan fingerprint density at radius 3 is 2.25 bits per heavy atom. The lowest BCUT2D eigenvalue weighted by molar-refractivity contribution is 0.568. The van der Waals surface area contributed by atoms with Gasteiger partial charge in [-0.3, -0.25) is 4.68 Å². The van der Waals surface area contributed by atoms with Crippen molar-refractivity contribution in [3.05, 3.63) is 11.4 Å². The minimum absolute atomic E-state index is 0.215. The molecule has 0 saturated carbocycles. The summed E-state index contributed by atoms with van der Waals surface area (Å²) in [6.45, 7) is 6.54. The van der Waals surface area contributed by atoms with Crippen LogP contribution >= 0.6 is 10.7 Å². The molecule has 0 N–H and O–H groups in total. The van der Waals surface area contributed by atoms with Crippen LogP contribution in [0.4, 0.5) is 0 Å². The van der Waals surface area contributed by atoms with E-state index in [0.717, 1.165) is 13.0 Å². The van der Waals surface area contributed by atoms with E-state index in [9.17, 15) is 8.42 Å². The van der Waals surface area contributed by atoms with Crippen LogP contribution in [-0.2, 0) is 28.4 Å². The SMILES string of the molecule is CCCn1nc(CC)c(S(=O)(=O)Cl)c1CC. The first-order chi connectivity index (χ1) is 7.45. The van der Waals surface area contributed by atoms with Crippen molar-refractivity contribution in [3.63, 3.8) is 0 Å². The summed E-state index contributed by atoms with van der Waals surface area (Å²) in [5, 5.41) is 4.31. The molecule has 1 aromatic heterocycles. The van der Waals surface area contributed by atoms with Crippen LogP contribution in [0.25, 0.3) is 0 Å². The van der Waals surface area contributed by atoms with Crippen LogP contribution in [0.2, 0.25) is 0 Å². The van der Waals surface area contributed by atoms with Crippen LogP contribution in [0.15, 0.2) is 4.90 Å². The largest absolute Gasteiger partial charge is 0.268 e. The summed E-state index contributed by atoms with van der Waals surface area (Å²) < 4.78 is 24.8. The van der Waals surface area contributed by atoms with E-state index in [1.54, 1.807) is 4.68 Å². The van der Waals surface area contributed by atoms with Gasteiger partial charge in [-0.1, -0.05) is 20.8 Å². The van der Waals surface area contributed by atoms with Gasteiger partial charge in [-0.15, -0.1) is 0 Å². The quantitative estimate of drug-likeness (QED) is 0.767. The Hall–Kier alpha value is -0.550. The van der Waals surface area contributed by atoms with Crippen LogP contribution < -0.4 is 0 Å². The van der Waals surface area contributed by atoms with Crippen molar-refractivity contribution in [2.24, 2.45) is 0 Å². The fourth-order valence-electron chi connectivity index (χ4n) is 1.79. The molecule has 0 amide bonds. The Morgan fingerprint density at radius 2 is 1.88 bits per heavy atom. The van der Waals surface area contributed by atoms with Crippen LogP contribution in [-0.4, -0.2) is 18.2 Å². The number of hydrogen-bond donors (Lipinski definition) is 0. The van der Waals surface area contributed by atoms with Gasteiger partial charge >= 0.3 is 0 Å². The predicted molar refractivity (Wildman–Crippen MR) is 64.3 cm³/mol. The Bertz CT molecular complexity index is 465. The Labute approximate surface area is 101 Å². The topological polar surface area (TPSA) is 52.0 Å². The van der Waals surface area contributed by atoms with Gasteiger partial charge < -0.3 is 0 Å². The molecule has 0 radical (unpaired) electrons. The standard InChI is InChI=1S/C10H17ClN2O2S/c1-4-7-13-9(6-3)10(16(11,14)15)8(5-2)12-13/h4-7H2,1-3H3. The van der Waals surface area contributed by atoms with Gasteiger partial charge in [-0.2, -0.15) is 5.10 Å². The Balaban J connectivity index is 3.43. The summed E-state index contributed by atoms with van der Waals surface area (Å²) >= 11 is 0. The molecule has 0 bridgehead atoms. The number of nitrogens with zero attached hydrogens (tertiary/aromatic N) is 2. The van der Waals surface area contributed by atoms with E-state index >= 15 is 0 Å². The molecule has 1 heterocycles. The average molecular weight is 265 g/mol. The first kappa shape index (κ1) is 13.5. The molecular weight excluding hydrogens is 248 g/mol. The zero-order valence-corrected chi connectivity index (χ0v) is 11.4. The zero-order valence-electron chi connectivity index (χ0n) is 9.83. The molecule has 0 aliphatic carbocycles. The normalized spacial score (nSPS) is 12.0. The van der Waals surface area contributed by atoms with Gasteiger partial charge in [0, 0.05) is 17.2 Å². The summed E-state index contributed by atoms with van der Waals surface area (Å²) in [5.41, 5.74) is 1.29.